The Morgan fingerprint density at radius 1 is 1.22 bits per heavy atom. The predicted octanol–water partition coefficient (Wildman–Crippen LogP) is 1.63. The molecule has 0 amide bonds. The normalized spacial score (nSPS) is 23.6. The topological polar surface area (TPSA) is 69.7 Å². The second kappa shape index (κ2) is 6.52. The van der Waals surface area contributed by atoms with Gasteiger partial charge in [-0.25, -0.2) is 0 Å². The van der Waals surface area contributed by atoms with E-state index >= 15 is 0 Å². The van der Waals surface area contributed by atoms with E-state index in [0.717, 1.165) is 12.8 Å². The van der Waals surface area contributed by atoms with Crippen LogP contribution in [0.25, 0.3) is 0 Å². The summed E-state index contributed by atoms with van der Waals surface area (Å²) in [6.45, 7) is 0. The highest BCUT2D eigenvalue weighted by atomic mass is 16.5. The Kier molecular flexibility index (Phi) is 5.31. The van der Waals surface area contributed by atoms with Crippen molar-refractivity contribution in [3.05, 3.63) is 0 Å². The molecule has 0 radical (unpaired) electrons. The van der Waals surface area contributed by atoms with E-state index in [2.05, 4.69) is 4.74 Å². The summed E-state index contributed by atoms with van der Waals surface area (Å²) in [5.74, 6) is -0.833. The summed E-state index contributed by atoms with van der Waals surface area (Å²) in [5, 5.41) is 0. The quantitative estimate of drug-likeness (QED) is 0.552. The third-order valence-corrected chi connectivity index (χ3v) is 3.58. The summed E-state index contributed by atoms with van der Waals surface area (Å²) in [4.78, 5) is 35.0. The SMILES string of the molecule is COC(=O)CCC[C@@]1(C(=O)OC)CCCCC1=O. The second-order valence-corrected chi connectivity index (χ2v) is 4.63. The van der Waals surface area contributed by atoms with Gasteiger partial charge >= 0.3 is 11.9 Å². The van der Waals surface area contributed by atoms with Gasteiger partial charge in [-0.3, -0.25) is 14.4 Å². The summed E-state index contributed by atoms with van der Waals surface area (Å²) in [7, 11) is 2.62. The molecule has 0 N–H and O–H groups in total. The van der Waals surface area contributed by atoms with Crippen LogP contribution in [0, 0.1) is 5.41 Å². The zero-order valence-corrected chi connectivity index (χ0v) is 11.0. The van der Waals surface area contributed by atoms with Crippen molar-refractivity contribution in [3.8, 4) is 0 Å². The van der Waals surface area contributed by atoms with Crippen LogP contribution < -0.4 is 0 Å². The summed E-state index contributed by atoms with van der Waals surface area (Å²) in [6.07, 6.45) is 3.68. The van der Waals surface area contributed by atoms with Crippen molar-refractivity contribution < 1.29 is 23.9 Å². The number of ether oxygens (including phenoxy) is 2. The number of rotatable bonds is 5. The van der Waals surface area contributed by atoms with Crippen LogP contribution in [0.4, 0.5) is 0 Å². The van der Waals surface area contributed by atoms with E-state index in [4.69, 9.17) is 4.74 Å². The molecular weight excluding hydrogens is 236 g/mol. The number of hydrogen-bond acceptors (Lipinski definition) is 5. The fourth-order valence-electron chi connectivity index (χ4n) is 2.51. The zero-order chi connectivity index (χ0) is 13.6. The van der Waals surface area contributed by atoms with Gasteiger partial charge in [0.25, 0.3) is 0 Å². The van der Waals surface area contributed by atoms with Gasteiger partial charge in [0.1, 0.15) is 11.2 Å². The van der Waals surface area contributed by atoms with Gasteiger partial charge < -0.3 is 9.47 Å². The molecule has 0 heterocycles. The van der Waals surface area contributed by atoms with E-state index in [1.807, 2.05) is 0 Å². The van der Waals surface area contributed by atoms with Gasteiger partial charge in [0.2, 0.25) is 0 Å². The monoisotopic (exact) mass is 256 g/mol. The number of methoxy groups -OCH3 is 2. The van der Waals surface area contributed by atoms with Gasteiger partial charge in [-0.2, -0.15) is 0 Å². The highest BCUT2D eigenvalue weighted by molar-refractivity contribution is 6.04. The molecule has 102 valence electrons. The van der Waals surface area contributed by atoms with Gasteiger partial charge in [-0.1, -0.05) is 6.42 Å². The lowest BCUT2D eigenvalue weighted by atomic mass is 9.70. The van der Waals surface area contributed by atoms with Crippen molar-refractivity contribution in [1.29, 1.82) is 0 Å². The molecule has 18 heavy (non-hydrogen) atoms. The second-order valence-electron chi connectivity index (χ2n) is 4.63. The highest BCUT2D eigenvalue weighted by Crippen LogP contribution is 2.39. The van der Waals surface area contributed by atoms with Crippen LogP contribution >= 0.6 is 0 Å². The van der Waals surface area contributed by atoms with Crippen LogP contribution in [0.2, 0.25) is 0 Å². The molecule has 0 aliphatic heterocycles. The highest BCUT2D eigenvalue weighted by Gasteiger charge is 2.46. The van der Waals surface area contributed by atoms with Gasteiger partial charge in [0.15, 0.2) is 0 Å². The van der Waals surface area contributed by atoms with Gasteiger partial charge in [-0.05, 0) is 25.7 Å². The fourth-order valence-corrected chi connectivity index (χ4v) is 2.51. The molecule has 1 atom stereocenters. The summed E-state index contributed by atoms with van der Waals surface area (Å²) < 4.78 is 9.32. The maximum absolute atomic E-state index is 12.0. The van der Waals surface area contributed by atoms with Crippen LogP contribution in [-0.4, -0.2) is 31.9 Å². The van der Waals surface area contributed by atoms with Crippen LogP contribution in [0.3, 0.4) is 0 Å². The van der Waals surface area contributed by atoms with Crippen LogP contribution in [0.5, 0.6) is 0 Å². The Morgan fingerprint density at radius 3 is 2.50 bits per heavy atom. The molecule has 5 heteroatoms. The first-order chi connectivity index (χ1) is 8.56. The molecule has 0 saturated heterocycles. The van der Waals surface area contributed by atoms with E-state index in [1.165, 1.54) is 14.2 Å². The number of carbonyl (C=O) groups is 3. The Balaban J connectivity index is 2.69. The lowest BCUT2D eigenvalue weighted by Crippen LogP contribution is -2.42. The molecule has 0 aromatic carbocycles. The average molecular weight is 256 g/mol. The Bertz CT molecular complexity index is 326. The Hall–Kier alpha value is -1.39. The standard InChI is InChI=1S/C13H20O5/c1-17-11(15)7-5-9-13(12(16)18-2)8-4-3-6-10(13)14/h3-9H2,1-2H3/t13-/m0/s1. The van der Waals surface area contributed by atoms with Crippen molar-refractivity contribution in [2.75, 3.05) is 14.2 Å². The third kappa shape index (κ3) is 3.09. The molecule has 1 saturated carbocycles. The maximum atomic E-state index is 12.0. The van der Waals surface area contributed by atoms with E-state index < -0.39 is 11.4 Å². The van der Waals surface area contributed by atoms with E-state index in [1.54, 1.807) is 0 Å². The minimum atomic E-state index is -1.03. The molecule has 1 rings (SSSR count). The Labute approximate surface area is 107 Å². The third-order valence-electron chi connectivity index (χ3n) is 3.58. The van der Waals surface area contributed by atoms with Crippen molar-refractivity contribution >= 4 is 17.7 Å². The summed E-state index contributed by atoms with van der Waals surface area (Å²) >= 11 is 0. The summed E-state index contributed by atoms with van der Waals surface area (Å²) in [6, 6.07) is 0. The molecule has 0 unspecified atom stereocenters. The lowest BCUT2D eigenvalue weighted by molar-refractivity contribution is -0.161. The molecule has 0 aromatic rings. The van der Waals surface area contributed by atoms with Gasteiger partial charge in [-0.15, -0.1) is 0 Å². The van der Waals surface area contributed by atoms with Crippen molar-refractivity contribution in [2.45, 2.75) is 44.9 Å². The first-order valence-corrected chi connectivity index (χ1v) is 6.25. The summed E-state index contributed by atoms with van der Waals surface area (Å²) in [5.41, 5.74) is -1.03. The predicted molar refractivity (Wildman–Crippen MR) is 63.8 cm³/mol. The minimum absolute atomic E-state index is 0.0505. The van der Waals surface area contributed by atoms with Gasteiger partial charge in [0.05, 0.1) is 14.2 Å². The van der Waals surface area contributed by atoms with E-state index in [9.17, 15) is 14.4 Å². The first kappa shape index (κ1) is 14.7. The number of Topliss-reactive ketones (excluding diaryl/α,β-unsaturated/α-hetero) is 1. The van der Waals surface area contributed by atoms with Crippen LogP contribution in [0.15, 0.2) is 0 Å². The number of hydrogen-bond donors (Lipinski definition) is 0. The molecule has 1 aliphatic rings. The minimum Gasteiger partial charge on any atom is -0.469 e. The number of carbonyl (C=O) groups excluding carboxylic acids is 3. The van der Waals surface area contributed by atoms with Gasteiger partial charge in [0, 0.05) is 12.8 Å². The fraction of sp³-hybridized carbons (Fsp3) is 0.769. The van der Waals surface area contributed by atoms with E-state index in [-0.39, 0.29) is 18.2 Å². The molecule has 0 bridgehead atoms. The first-order valence-electron chi connectivity index (χ1n) is 6.25. The zero-order valence-electron chi connectivity index (χ0n) is 11.0. The van der Waals surface area contributed by atoms with Crippen LogP contribution in [0.1, 0.15) is 44.9 Å². The smallest absolute Gasteiger partial charge is 0.319 e. The van der Waals surface area contributed by atoms with E-state index in [0.29, 0.717) is 25.7 Å². The lowest BCUT2D eigenvalue weighted by Gasteiger charge is -2.32. The molecule has 1 aliphatic carbocycles. The Morgan fingerprint density at radius 2 is 1.94 bits per heavy atom. The van der Waals surface area contributed by atoms with Crippen molar-refractivity contribution in [3.63, 3.8) is 0 Å². The maximum Gasteiger partial charge on any atom is 0.319 e. The molecule has 0 spiro atoms. The molecule has 0 aromatic heterocycles. The van der Waals surface area contributed by atoms with Crippen molar-refractivity contribution in [1.82, 2.24) is 0 Å². The van der Waals surface area contributed by atoms with Crippen molar-refractivity contribution in [2.24, 2.45) is 5.41 Å². The number of ketones is 1. The molecule has 1 fully saturated rings. The molecular formula is C13H20O5. The number of esters is 2. The van der Waals surface area contributed by atoms with Crippen LogP contribution in [-0.2, 0) is 23.9 Å². The average Bonchev–Trinajstić information content (AvgIpc) is 2.39. The molecule has 5 nitrogen and oxygen atoms in total. The largest absolute Gasteiger partial charge is 0.469 e.